The first-order valence-electron chi connectivity index (χ1n) is 9.47. The molecule has 8 heteroatoms. The van der Waals surface area contributed by atoms with Crippen LogP contribution >= 0.6 is 0 Å². The van der Waals surface area contributed by atoms with Gasteiger partial charge in [0.1, 0.15) is 11.5 Å². The third kappa shape index (κ3) is 4.07. The van der Waals surface area contributed by atoms with E-state index in [-0.39, 0.29) is 17.1 Å². The number of benzene rings is 2. The van der Waals surface area contributed by atoms with Gasteiger partial charge in [-0.25, -0.2) is 4.39 Å². The molecule has 0 aliphatic carbocycles. The van der Waals surface area contributed by atoms with Gasteiger partial charge in [0.15, 0.2) is 0 Å². The highest BCUT2D eigenvalue weighted by atomic mass is 19.1. The molecule has 0 aliphatic heterocycles. The largest absolute Gasteiger partial charge is 0.369 e. The lowest BCUT2D eigenvalue weighted by molar-refractivity contribution is 0.0947. The summed E-state index contributed by atoms with van der Waals surface area (Å²) < 4.78 is 14.5. The van der Waals surface area contributed by atoms with Crippen LogP contribution in [-0.2, 0) is 19.4 Å². The molecule has 2 aromatic heterocycles. The van der Waals surface area contributed by atoms with Crippen molar-refractivity contribution in [3.63, 3.8) is 0 Å². The highest BCUT2D eigenvalue weighted by molar-refractivity contribution is 5.94. The average Bonchev–Trinajstić information content (AvgIpc) is 3.14. The average molecular weight is 405 g/mol. The number of anilines is 1. The Labute approximate surface area is 171 Å². The van der Waals surface area contributed by atoms with Gasteiger partial charge in [0.05, 0.1) is 10.9 Å². The van der Waals surface area contributed by atoms with Gasteiger partial charge in [-0.1, -0.05) is 36.4 Å². The number of nitrogen functional groups attached to an aromatic ring is 1. The Bertz CT molecular complexity index is 1260. The molecule has 152 valence electrons. The first-order valence-corrected chi connectivity index (χ1v) is 9.47. The van der Waals surface area contributed by atoms with E-state index in [2.05, 4.69) is 20.3 Å². The fourth-order valence-corrected chi connectivity index (χ4v) is 3.37. The van der Waals surface area contributed by atoms with Crippen LogP contribution in [0.15, 0.2) is 59.5 Å². The highest BCUT2D eigenvalue weighted by Crippen LogP contribution is 2.17. The monoisotopic (exact) mass is 405 g/mol. The molecule has 0 unspecified atom stereocenters. The van der Waals surface area contributed by atoms with Gasteiger partial charge >= 0.3 is 0 Å². The van der Waals surface area contributed by atoms with Gasteiger partial charge in [0.25, 0.3) is 11.5 Å². The van der Waals surface area contributed by atoms with Crippen molar-refractivity contribution >= 4 is 22.9 Å². The maximum atomic E-state index is 14.5. The Hall–Kier alpha value is -3.94. The SMILES string of the molecule is Nc1nc2[nH]cc(CCc3ccc(C(=O)NCc4ccccc4)c(F)c3)c2c(=O)[nH]1. The van der Waals surface area contributed by atoms with Crippen LogP contribution in [0.25, 0.3) is 11.0 Å². The van der Waals surface area contributed by atoms with Crippen LogP contribution in [0.4, 0.5) is 10.3 Å². The topological polar surface area (TPSA) is 117 Å². The van der Waals surface area contributed by atoms with Gasteiger partial charge in [-0.3, -0.25) is 14.6 Å². The van der Waals surface area contributed by atoms with E-state index < -0.39 is 11.7 Å². The van der Waals surface area contributed by atoms with Crippen LogP contribution < -0.4 is 16.6 Å². The second-order valence-corrected chi connectivity index (χ2v) is 6.97. The Morgan fingerprint density at radius 2 is 1.90 bits per heavy atom. The standard InChI is InChI=1S/C22H20FN5O2/c23-17-10-13(6-8-15-12-25-19-18(15)21(30)28-22(24)27-19)7-9-16(17)20(29)26-11-14-4-2-1-3-5-14/h1-5,7,9-10,12H,6,8,11H2,(H,26,29)(H4,24,25,27,28,30). The molecule has 2 aromatic carbocycles. The van der Waals surface area contributed by atoms with E-state index >= 15 is 0 Å². The number of hydrogen-bond donors (Lipinski definition) is 4. The van der Waals surface area contributed by atoms with E-state index in [1.165, 1.54) is 12.1 Å². The number of hydrogen-bond acceptors (Lipinski definition) is 4. The molecule has 0 spiro atoms. The van der Waals surface area contributed by atoms with Crippen molar-refractivity contribution in [1.29, 1.82) is 0 Å². The van der Waals surface area contributed by atoms with Crippen molar-refractivity contribution in [3.05, 3.63) is 93.2 Å². The Morgan fingerprint density at radius 1 is 1.10 bits per heavy atom. The molecule has 30 heavy (non-hydrogen) atoms. The number of H-pyrrole nitrogens is 2. The number of nitrogens with two attached hydrogens (primary N) is 1. The summed E-state index contributed by atoms with van der Waals surface area (Å²) in [6.07, 6.45) is 2.71. The molecule has 2 heterocycles. The number of carbonyl (C=O) groups excluding carboxylic acids is 1. The fraction of sp³-hybridized carbons (Fsp3) is 0.136. The summed E-state index contributed by atoms with van der Waals surface area (Å²) in [4.78, 5) is 33.9. The van der Waals surface area contributed by atoms with Gasteiger partial charge in [-0.2, -0.15) is 4.98 Å². The van der Waals surface area contributed by atoms with E-state index in [1.807, 2.05) is 30.3 Å². The molecule has 4 aromatic rings. The van der Waals surface area contributed by atoms with Gasteiger partial charge < -0.3 is 16.0 Å². The maximum absolute atomic E-state index is 14.5. The van der Waals surface area contributed by atoms with Crippen LogP contribution in [0.5, 0.6) is 0 Å². The molecule has 7 nitrogen and oxygen atoms in total. The summed E-state index contributed by atoms with van der Waals surface area (Å²) in [5.74, 6) is -0.997. The molecular formula is C22H20FN5O2. The van der Waals surface area contributed by atoms with Crippen molar-refractivity contribution in [3.8, 4) is 0 Å². The minimum atomic E-state index is -0.579. The number of fused-ring (bicyclic) bond motifs is 1. The zero-order chi connectivity index (χ0) is 21.1. The van der Waals surface area contributed by atoms with Crippen LogP contribution in [0.1, 0.15) is 27.0 Å². The van der Waals surface area contributed by atoms with Gasteiger partial charge in [-0.15, -0.1) is 0 Å². The molecule has 0 radical (unpaired) electrons. The number of nitrogens with one attached hydrogen (secondary N) is 3. The number of aromatic amines is 2. The summed E-state index contributed by atoms with van der Waals surface area (Å²) in [7, 11) is 0. The lowest BCUT2D eigenvalue weighted by atomic mass is 10.0. The second-order valence-electron chi connectivity index (χ2n) is 6.97. The zero-order valence-corrected chi connectivity index (χ0v) is 16.0. The molecule has 4 rings (SSSR count). The van der Waals surface area contributed by atoms with Crippen molar-refractivity contribution in [2.75, 3.05) is 5.73 Å². The first kappa shape index (κ1) is 19.4. The van der Waals surface area contributed by atoms with E-state index in [9.17, 15) is 14.0 Å². The summed E-state index contributed by atoms with van der Waals surface area (Å²) >= 11 is 0. The summed E-state index contributed by atoms with van der Waals surface area (Å²) in [6.45, 7) is 0.328. The molecule has 5 N–H and O–H groups in total. The van der Waals surface area contributed by atoms with Crippen LogP contribution in [0.2, 0.25) is 0 Å². The number of halogens is 1. The van der Waals surface area contributed by atoms with E-state index in [0.29, 0.717) is 30.4 Å². The van der Waals surface area contributed by atoms with Crippen LogP contribution in [0, 0.1) is 5.82 Å². The van der Waals surface area contributed by atoms with Gasteiger partial charge in [0.2, 0.25) is 5.95 Å². The van der Waals surface area contributed by atoms with Crippen LogP contribution in [-0.4, -0.2) is 20.9 Å². The zero-order valence-electron chi connectivity index (χ0n) is 16.0. The predicted molar refractivity (Wildman–Crippen MR) is 113 cm³/mol. The Balaban J connectivity index is 1.43. The Kier molecular flexibility index (Phi) is 5.30. The molecule has 1 amide bonds. The smallest absolute Gasteiger partial charge is 0.262 e. The normalized spacial score (nSPS) is 11.0. The molecule has 0 saturated heterocycles. The summed E-state index contributed by atoms with van der Waals surface area (Å²) in [6, 6.07) is 14.0. The fourth-order valence-electron chi connectivity index (χ4n) is 3.37. The van der Waals surface area contributed by atoms with Crippen molar-refractivity contribution < 1.29 is 9.18 Å². The summed E-state index contributed by atoms with van der Waals surface area (Å²) in [5.41, 5.74) is 8.08. The van der Waals surface area contributed by atoms with E-state index in [1.54, 1.807) is 12.3 Å². The molecule has 0 bridgehead atoms. The van der Waals surface area contributed by atoms with Crippen molar-refractivity contribution in [2.45, 2.75) is 19.4 Å². The molecule has 0 fully saturated rings. The number of rotatable bonds is 6. The van der Waals surface area contributed by atoms with Crippen molar-refractivity contribution in [1.82, 2.24) is 20.3 Å². The molecule has 0 atom stereocenters. The summed E-state index contributed by atoms with van der Waals surface area (Å²) in [5, 5.41) is 3.17. The lowest BCUT2D eigenvalue weighted by Gasteiger charge is -2.08. The van der Waals surface area contributed by atoms with E-state index in [0.717, 1.165) is 16.7 Å². The van der Waals surface area contributed by atoms with Crippen LogP contribution in [0.3, 0.4) is 0 Å². The number of nitrogens with zero attached hydrogens (tertiary/aromatic N) is 1. The number of aryl methyl sites for hydroxylation is 2. The first-order chi connectivity index (χ1) is 14.5. The highest BCUT2D eigenvalue weighted by Gasteiger charge is 2.14. The lowest BCUT2D eigenvalue weighted by Crippen LogP contribution is -2.23. The van der Waals surface area contributed by atoms with Crippen molar-refractivity contribution in [2.24, 2.45) is 0 Å². The number of carbonyl (C=O) groups is 1. The second kappa shape index (κ2) is 8.20. The molecular weight excluding hydrogens is 385 g/mol. The number of aromatic nitrogens is 3. The van der Waals surface area contributed by atoms with E-state index in [4.69, 9.17) is 5.73 Å². The molecule has 0 aliphatic rings. The van der Waals surface area contributed by atoms with Gasteiger partial charge in [-0.05, 0) is 41.7 Å². The molecule has 0 saturated carbocycles. The number of amides is 1. The quantitative estimate of drug-likeness (QED) is 0.395. The maximum Gasteiger partial charge on any atom is 0.262 e. The Morgan fingerprint density at radius 3 is 2.67 bits per heavy atom. The minimum absolute atomic E-state index is 0.00195. The third-order valence-electron chi connectivity index (χ3n) is 4.90. The predicted octanol–water partition coefficient (Wildman–Crippen LogP) is 2.69. The third-order valence-corrected chi connectivity index (χ3v) is 4.90. The van der Waals surface area contributed by atoms with Gasteiger partial charge in [0, 0.05) is 12.7 Å². The minimum Gasteiger partial charge on any atom is -0.369 e.